The van der Waals surface area contributed by atoms with Crippen LogP contribution >= 0.6 is 0 Å². The molecule has 1 N–H and O–H groups in total. The van der Waals surface area contributed by atoms with Crippen LogP contribution in [-0.2, 0) is 6.42 Å². The second kappa shape index (κ2) is 9.14. The van der Waals surface area contributed by atoms with E-state index in [9.17, 15) is 10.1 Å². The summed E-state index contributed by atoms with van der Waals surface area (Å²) in [6.07, 6.45) is 6.45. The molecular formula is C22H25N5O2. The van der Waals surface area contributed by atoms with Gasteiger partial charge in [-0.25, -0.2) is 4.98 Å². The van der Waals surface area contributed by atoms with Gasteiger partial charge in [0.15, 0.2) is 0 Å². The number of nitro groups is 1. The Morgan fingerprint density at radius 1 is 1.21 bits per heavy atom. The minimum absolute atomic E-state index is 0.0520. The molecule has 1 aromatic carbocycles. The predicted molar refractivity (Wildman–Crippen MR) is 116 cm³/mol. The molecule has 0 amide bonds. The molecule has 2 heterocycles. The first-order valence-corrected chi connectivity index (χ1v) is 9.67. The summed E-state index contributed by atoms with van der Waals surface area (Å²) in [6, 6.07) is 13.7. The molecule has 2 aromatic heterocycles. The molecule has 0 radical (unpaired) electrons. The molecule has 0 atom stereocenters. The van der Waals surface area contributed by atoms with Gasteiger partial charge in [0.2, 0.25) is 0 Å². The second-order valence-corrected chi connectivity index (χ2v) is 6.96. The summed E-state index contributed by atoms with van der Waals surface area (Å²) in [5.74, 6) is 0.448. The average Bonchev–Trinajstić information content (AvgIpc) is 3.00. The fourth-order valence-corrected chi connectivity index (χ4v) is 3.24. The Kier molecular flexibility index (Phi) is 6.39. The van der Waals surface area contributed by atoms with Crippen molar-refractivity contribution in [1.82, 2.24) is 9.55 Å². The molecule has 150 valence electrons. The molecule has 0 aliphatic rings. The maximum atomic E-state index is 10.7. The number of pyridine rings is 1. The highest BCUT2D eigenvalue weighted by atomic mass is 16.6. The molecule has 7 nitrogen and oxygen atoms in total. The van der Waals surface area contributed by atoms with Crippen LogP contribution in [0.5, 0.6) is 0 Å². The number of nitrogens with one attached hydrogen (secondary N) is 1. The lowest BCUT2D eigenvalue weighted by atomic mass is 10.1. The van der Waals surface area contributed by atoms with Crippen molar-refractivity contribution in [2.45, 2.75) is 40.0 Å². The van der Waals surface area contributed by atoms with E-state index in [2.05, 4.69) is 71.2 Å². The zero-order valence-corrected chi connectivity index (χ0v) is 16.9. The highest BCUT2D eigenvalue weighted by Crippen LogP contribution is 2.21. The number of unbranched alkanes of at least 4 members (excludes halogenated alkanes) is 1. The summed E-state index contributed by atoms with van der Waals surface area (Å²) in [7, 11) is 0. The molecule has 0 spiro atoms. The van der Waals surface area contributed by atoms with E-state index in [0.717, 1.165) is 29.1 Å². The number of hydrogen-bond acceptors (Lipinski definition) is 5. The average molecular weight is 391 g/mol. The van der Waals surface area contributed by atoms with Crippen LogP contribution in [0.15, 0.2) is 53.8 Å². The third-order valence-corrected chi connectivity index (χ3v) is 4.83. The van der Waals surface area contributed by atoms with E-state index in [1.165, 1.54) is 36.7 Å². The lowest BCUT2D eigenvalue weighted by molar-refractivity contribution is -0.385. The maximum absolute atomic E-state index is 10.7. The van der Waals surface area contributed by atoms with Crippen LogP contribution < -0.4 is 5.43 Å². The predicted octanol–water partition coefficient (Wildman–Crippen LogP) is 5.19. The van der Waals surface area contributed by atoms with Gasteiger partial charge in [-0.3, -0.25) is 15.5 Å². The van der Waals surface area contributed by atoms with Crippen molar-refractivity contribution in [3.05, 3.63) is 81.3 Å². The normalized spacial score (nSPS) is 11.1. The number of rotatable bonds is 8. The summed E-state index contributed by atoms with van der Waals surface area (Å²) >= 11 is 0. The minimum atomic E-state index is -0.481. The van der Waals surface area contributed by atoms with Gasteiger partial charge in [0.05, 0.1) is 11.1 Å². The molecule has 7 heteroatoms. The van der Waals surface area contributed by atoms with Crippen molar-refractivity contribution < 1.29 is 4.92 Å². The summed E-state index contributed by atoms with van der Waals surface area (Å²) in [6.45, 7) is 6.33. The van der Waals surface area contributed by atoms with Gasteiger partial charge in [0.1, 0.15) is 12.0 Å². The molecule has 3 aromatic rings. The first-order chi connectivity index (χ1) is 14.0. The molecule has 0 saturated carbocycles. The van der Waals surface area contributed by atoms with E-state index in [1.54, 1.807) is 6.21 Å². The zero-order valence-electron chi connectivity index (χ0n) is 16.9. The standard InChI is InChI=1S/C22H25N5O2/c1-4-5-6-18-7-9-20(10-8-18)26-16(2)13-19(17(26)3)14-24-25-22-12-11-21(15-23-22)27(28)29/h7-15H,4-6H2,1-3H3,(H,23,25)/b24-14+. The number of benzene rings is 1. The number of anilines is 1. The van der Waals surface area contributed by atoms with Gasteiger partial charge in [0.25, 0.3) is 5.69 Å². The first kappa shape index (κ1) is 20.3. The summed E-state index contributed by atoms with van der Waals surface area (Å²) < 4.78 is 2.20. The van der Waals surface area contributed by atoms with Gasteiger partial charge in [-0.05, 0) is 56.5 Å². The molecule has 0 saturated heterocycles. The number of aromatic nitrogens is 2. The maximum Gasteiger partial charge on any atom is 0.287 e. The molecule has 0 aliphatic carbocycles. The quantitative estimate of drug-likeness (QED) is 0.325. The van der Waals surface area contributed by atoms with Crippen LogP contribution in [0.2, 0.25) is 0 Å². The van der Waals surface area contributed by atoms with Gasteiger partial charge in [-0.15, -0.1) is 0 Å². The Balaban J connectivity index is 1.73. The van der Waals surface area contributed by atoms with E-state index in [1.807, 2.05) is 0 Å². The van der Waals surface area contributed by atoms with E-state index < -0.39 is 4.92 Å². The molecule has 29 heavy (non-hydrogen) atoms. The first-order valence-electron chi connectivity index (χ1n) is 9.67. The van der Waals surface area contributed by atoms with Gasteiger partial charge >= 0.3 is 0 Å². The molecule has 3 rings (SSSR count). The highest BCUT2D eigenvalue weighted by Gasteiger charge is 2.10. The Labute approximate surface area is 170 Å². The summed E-state index contributed by atoms with van der Waals surface area (Å²) in [5, 5.41) is 14.9. The third-order valence-electron chi connectivity index (χ3n) is 4.83. The van der Waals surface area contributed by atoms with E-state index >= 15 is 0 Å². The van der Waals surface area contributed by atoms with Crippen molar-refractivity contribution in [2.24, 2.45) is 5.10 Å². The minimum Gasteiger partial charge on any atom is -0.318 e. The summed E-state index contributed by atoms with van der Waals surface area (Å²) in [5.41, 5.74) is 8.45. The Bertz CT molecular complexity index is 1000. The smallest absolute Gasteiger partial charge is 0.287 e. The van der Waals surface area contributed by atoms with Crippen molar-refractivity contribution in [2.75, 3.05) is 5.43 Å². The molecule has 0 aliphatic heterocycles. The van der Waals surface area contributed by atoms with Gasteiger partial charge < -0.3 is 4.57 Å². The number of nitrogens with zero attached hydrogens (tertiary/aromatic N) is 4. The summed E-state index contributed by atoms with van der Waals surface area (Å²) in [4.78, 5) is 14.2. The van der Waals surface area contributed by atoms with Crippen molar-refractivity contribution in [1.29, 1.82) is 0 Å². The van der Waals surface area contributed by atoms with Gasteiger partial charge in [0, 0.05) is 28.7 Å². The van der Waals surface area contributed by atoms with E-state index in [4.69, 9.17) is 0 Å². The number of aryl methyl sites for hydroxylation is 2. The molecule has 0 unspecified atom stereocenters. The fourth-order valence-electron chi connectivity index (χ4n) is 3.24. The van der Waals surface area contributed by atoms with E-state index in [-0.39, 0.29) is 5.69 Å². The second-order valence-electron chi connectivity index (χ2n) is 6.96. The van der Waals surface area contributed by atoms with Crippen molar-refractivity contribution >= 4 is 17.7 Å². The monoisotopic (exact) mass is 391 g/mol. The molecule has 0 fully saturated rings. The fraction of sp³-hybridized carbons (Fsp3) is 0.273. The van der Waals surface area contributed by atoms with Crippen LogP contribution in [0.3, 0.4) is 0 Å². The Hall–Kier alpha value is -3.48. The topological polar surface area (TPSA) is 85.3 Å². The van der Waals surface area contributed by atoms with Crippen LogP contribution in [0.4, 0.5) is 11.5 Å². The lowest BCUT2D eigenvalue weighted by Crippen LogP contribution is -2.00. The zero-order chi connectivity index (χ0) is 20.8. The van der Waals surface area contributed by atoms with Crippen LogP contribution in [0.1, 0.15) is 42.3 Å². The lowest BCUT2D eigenvalue weighted by Gasteiger charge is -2.10. The number of hydrogen-bond donors (Lipinski definition) is 1. The van der Waals surface area contributed by atoms with Gasteiger partial charge in [-0.1, -0.05) is 25.5 Å². The van der Waals surface area contributed by atoms with E-state index in [0.29, 0.717) is 5.82 Å². The molecular weight excluding hydrogens is 366 g/mol. The van der Waals surface area contributed by atoms with Crippen molar-refractivity contribution in [3.8, 4) is 5.69 Å². The van der Waals surface area contributed by atoms with Crippen LogP contribution in [-0.4, -0.2) is 20.7 Å². The third kappa shape index (κ3) is 4.87. The highest BCUT2D eigenvalue weighted by molar-refractivity contribution is 5.82. The van der Waals surface area contributed by atoms with Gasteiger partial charge in [-0.2, -0.15) is 5.10 Å². The van der Waals surface area contributed by atoms with Crippen LogP contribution in [0.25, 0.3) is 5.69 Å². The van der Waals surface area contributed by atoms with Crippen molar-refractivity contribution in [3.63, 3.8) is 0 Å². The van der Waals surface area contributed by atoms with Crippen LogP contribution in [0, 0.1) is 24.0 Å². The Morgan fingerprint density at radius 3 is 2.59 bits per heavy atom. The number of hydrazone groups is 1. The Morgan fingerprint density at radius 2 is 1.97 bits per heavy atom. The SMILES string of the molecule is CCCCc1ccc(-n2c(C)cc(/C=N/Nc3ccc([N+](=O)[O-])cn3)c2C)cc1. The molecule has 0 bridgehead atoms. The largest absolute Gasteiger partial charge is 0.318 e.